The van der Waals surface area contributed by atoms with Gasteiger partial charge in [-0.15, -0.1) is 0 Å². The highest BCUT2D eigenvalue weighted by Crippen LogP contribution is 2.05. The van der Waals surface area contributed by atoms with Gasteiger partial charge in [0.05, 0.1) is 24.3 Å². The molecule has 0 aliphatic rings. The van der Waals surface area contributed by atoms with Crippen molar-refractivity contribution in [2.75, 3.05) is 13.2 Å². The van der Waals surface area contributed by atoms with Crippen LogP contribution in [0.15, 0.2) is 18.3 Å². The summed E-state index contributed by atoms with van der Waals surface area (Å²) in [5.74, 6) is -1.19. The number of pyridine rings is 1. The number of aromatic nitrogens is 1. The highest BCUT2D eigenvalue weighted by molar-refractivity contribution is 5.95. The number of carbonyl (C=O) groups is 2. The fraction of sp³-hybridized carbons (Fsp3) is 0.364. The number of carbonyl (C=O) groups excluding carboxylic acids is 2. The van der Waals surface area contributed by atoms with Crippen molar-refractivity contribution < 1.29 is 19.8 Å². The lowest BCUT2D eigenvalue weighted by molar-refractivity contribution is 0.0719. The Morgan fingerprint density at radius 2 is 2.00 bits per heavy atom. The molecule has 18 heavy (non-hydrogen) atoms. The highest BCUT2D eigenvalue weighted by Gasteiger charge is 2.25. The van der Waals surface area contributed by atoms with E-state index in [2.05, 4.69) is 10.3 Å². The standard InChI is InChI=1S/C11H15N3O4/c1-11(5-15,6-16)14-10(18)8-3-2-7(4-13-8)9(12)17/h2-4,15-16H,5-6H2,1H3,(H2,12,17)(H,14,18). The molecule has 0 saturated heterocycles. The fourth-order valence-electron chi connectivity index (χ4n) is 1.14. The van der Waals surface area contributed by atoms with Crippen LogP contribution in [0, 0.1) is 0 Å². The third-order valence-corrected chi connectivity index (χ3v) is 2.39. The van der Waals surface area contributed by atoms with E-state index in [4.69, 9.17) is 15.9 Å². The lowest BCUT2D eigenvalue weighted by Crippen LogP contribution is -2.51. The first kappa shape index (κ1) is 14.1. The molecular weight excluding hydrogens is 238 g/mol. The summed E-state index contributed by atoms with van der Waals surface area (Å²) in [7, 11) is 0. The second-order valence-corrected chi connectivity index (χ2v) is 4.13. The summed E-state index contributed by atoms with van der Waals surface area (Å²) < 4.78 is 0. The normalized spacial score (nSPS) is 11.1. The zero-order valence-electron chi connectivity index (χ0n) is 9.88. The molecule has 0 radical (unpaired) electrons. The van der Waals surface area contributed by atoms with Crippen molar-refractivity contribution in [3.63, 3.8) is 0 Å². The van der Waals surface area contributed by atoms with Gasteiger partial charge in [0.25, 0.3) is 5.91 Å². The van der Waals surface area contributed by atoms with Gasteiger partial charge in [0.15, 0.2) is 0 Å². The molecule has 0 aliphatic carbocycles. The van der Waals surface area contributed by atoms with Crippen LogP contribution in [0.5, 0.6) is 0 Å². The molecule has 7 heteroatoms. The summed E-state index contributed by atoms with van der Waals surface area (Å²) >= 11 is 0. The number of nitrogens with two attached hydrogens (primary N) is 1. The maximum Gasteiger partial charge on any atom is 0.270 e. The Bertz CT molecular complexity index is 440. The second kappa shape index (κ2) is 5.56. The summed E-state index contributed by atoms with van der Waals surface area (Å²) in [6.07, 6.45) is 1.19. The van der Waals surface area contributed by atoms with Gasteiger partial charge in [0.1, 0.15) is 5.69 Å². The van der Waals surface area contributed by atoms with Crippen molar-refractivity contribution in [1.29, 1.82) is 0 Å². The molecule has 0 fully saturated rings. The predicted octanol–water partition coefficient (Wildman–Crippen LogP) is -1.35. The first-order chi connectivity index (χ1) is 8.41. The van der Waals surface area contributed by atoms with Crippen LogP contribution in [0.3, 0.4) is 0 Å². The molecule has 98 valence electrons. The maximum absolute atomic E-state index is 11.7. The summed E-state index contributed by atoms with van der Waals surface area (Å²) in [6.45, 7) is 0.673. The quantitative estimate of drug-likeness (QED) is 0.516. The number of hydrogen-bond acceptors (Lipinski definition) is 5. The smallest absolute Gasteiger partial charge is 0.270 e. The van der Waals surface area contributed by atoms with Crippen LogP contribution in [0.4, 0.5) is 0 Å². The van der Waals surface area contributed by atoms with E-state index < -0.39 is 30.6 Å². The van der Waals surface area contributed by atoms with Crippen LogP contribution in [-0.2, 0) is 0 Å². The Hall–Kier alpha value is -1.99. The highest BCUT2D eigenvalue weighted by atomic mass is 16.3. The minimum absolute atomic E-state index is 0.0631. The van der Waals surface area contributed by atoms with Gasteiger partial charge in [0.2, 0.25) is 5.91 Å². The van der Waals surface area contributed by atoms with Gasteiger partial charge in [0, 0.05) is 6.20 Å². The zero-order valence-corrected chi connectivity index (χ0v) is 9.88. The minimum atomic E-state index is -1.12. The van der Waals surface area contributed by atoms with E-state index in [0.29, 0.717) is 0 Å². The average molecular weight is 253 g/mol. The van der Waals surface area contributed by atoms with Crippen molar-refractivity contribution in [3.05, 3.63) is 29.6 Å². The van der Waals surface area contributed by atoms with Gasteiger partial charge in [-0.2, -0.15) is 0 Å². The molecule has 1 rings (SSSR count). The van der Waals surface area contributed by atoms with Crippen LogP contribution in [-0.4, -0.2) is 45.8 Å². The minimum Gasteiger partial charge on any atom is -0.394 e. The second-order valence-electron chi connectivity index (χ2n) is 4.13. The molecule has 0 aromatic carbocycles. The Labute approximate surface area is 104 Å². The molecule has 1 aromatic rings. The van der Waals surface area contributed by atoms with Crippen LogP contribution >= 0.6 is 0 Å². The van der Waals surface area contributed by atoms with Gasteiger partial charge in [-0.1, -0.05) is 0 Å². The van der Waals surface area contributed by atoms with E-state index in [9.17, 15) is 9.59 Å². The summed E-state index contributed by atoms with van der Waals surface area (Å²) in [6, 6.07) is 2.71. The number of aliphatic hydroxyl groups is 2. The van der Waals surface area contributed by atoms with Gasteiger partial charge < -0.3 is 21.3 Å². The molecule has 0 spiro atoms. The molecule has 5 N–H and O–H groups in total. The topological polar surface area (TPSA) is 126 Å². The molecule has 7 nitrogen and oxygen atoms in total. The largest absolute Gasteiger partial charge is 0.394 e. The number of rotatable bonds is 5. The lowest BCUT2D eigenvalue weighted by Gasteiger charge is -2.25. The summed E-state index contributed by atoms with van der Waals surface area (Å²) in [4.78, 5) is 26.3. The molecular formula is C11H15N3O4. The van der Waals surface area contributed by atoms with E-state index in [0.717, 1.165) is 0 Å². The van der Waals surface area contributed by atoms with Crippen LogP contribution < -0.4 is 11.1 Å². The van der Waals surface area contributed by atoms with Crippen LogP contribution in [0.2, 0.25) is 0 Å². The fourth-order valence-corrected chi connectivity index (χ4v) is 1.14. The van der Waals surface area contributed by atoms with E-state index in [1.807, 2.05) is 0 Å². The Morgan fingerprint density at radius 1 is 1.39 bits per heavy atom. The SMILES string of the molecule is CC(CO)(CO)NC(=O)c1ccc(C(N)=O)cn1. The van der Waals surface area contributed by atoms with E-state index in [1.54, 1.807) is 0 Å². The molecule has 0 atom stereocenters. The average Bonchev–Trinajstić information content (AvgIpc) is 2.38. The first-order valence-electron chi connectivity index (χ1n) is 5.22. The third-order valence-electron chi connectivity index (χ3n) is 2.39. The third kappa shape index (κ3) is 3.25. The number of nitrogens with zero attached hydrogens (tertiary/aromatic N) is 1. The van der Waals surface area contributed by atoms with Crippen molar-refractivity contribution >= 4 is 11.8 Å². The van der Waals surface area contributed by atoms with Gasteiger partial charge in [-0.25, -0.2) is 0 Å². The molecule has 0 aliphatic heterocycles. The van der Waals surface area contributed by atoms with E-state index in [-0.39, 0.29) is 11.3 Å². The Kier molecular flexibility index (Phi) is 4.35. The van der Waals surface area contributed by atoms with Crippen molar-refractivity contribution in [2.24, 2.45) is 5.73 Å². The number of nitrogens with one attached hydrogen (secondary N) is 1. The van der Waals surface area contributed by atoms with Crippen molar-refractivity contribution in [1.82, 2.24) is 10.3 Å². The molecule has 0 saturated carbocycles. The molecule has 2 amide bonds. The summed E-state index contributed by atoms with van der Waals surface area (Å²) in [5, 5.41) is 20.5. The van der Waals surface area contributed by atoms with Crippen LogP contribution in [0.25, 0.3) is 0 Å². The van der Waals surface area contributed by atoms with Crippen molar-refractivity contribution in [2.45, 2.75) is 12.5 Å². The maximum atomic E-state index is 11.7. The number of amides is 2. The van der Waals surface area contributed by atoms with E-state index >= 15 is 0 Å². The molecule has 0 unspecified atom stereocenters. The lowest BCUT2D eigenvalue weighted by atomic mass is 10.1. The van der Waals surface area contributed by atoms with Crippen molar-refractivity contribution in [3.8, 4) is 0 Å². The Balaban J connectivity index is 2.82. The van der Waals surface area contributed by atoms with Gasteiger partial charge in [-0.3, -0.25) is 14.6 Å². The van der Waals surface area contributed by atoms with Gasteiger partial charge in [-0.05, 0) is 19.1 Å². The first-order valence-corrected chi connectivity index (χ1v) is 5.22. The molecule has 1 aromatic heterocycles. The van der Waals surface area contributed by atoms with E-state index in [1.165, 1.54) is 25.3 Å². The zero-order chi connectivity index (χ0) is 13.8. The molecule has 0 bridgehead atoms. The van der Waals surface area contributed by atoms with Crippen LogP contribution in [0.1, 0.15) is 27.8 Å². The van der Waals surface area contributed by atoms with Gasteiger partial charge >= 0.3 is 0 Å². The predicted molar refractivity (Wildman–Crippen MR) is 62.8 cm³/mol. The number of aliphatic hydroxyl groups excluding tert-OH is 2. The Morgan fingerprint density at radius 3 is 2.39 bits per heavy atom. The monoisotopic (exact) mass is 253 g/mol. The molecule has 1 heterocycles. The number of hydrogen-bond donors (Lipinski definition) is 4. The summed E-state index contributed by atoms with van der Waals surface area (Å²) in [5.41, 5.74) is 4.17. The number of primary amides is 1.